The van der Waals surface area contributed by atoms with Crippen LogP contribution >= 0.6 is 0 Å². The molecule has 13 heavy (non-hydrogen) atoms. The highest BCUT2D eigenvalue weighted by Crippen LogP contribution is 2.07. The smallest absolute Gasteiger partial charge is 0.0142 e. The lowest BCUT2D eigenvalue weighted by molar-refractivity contribution is 0.964. The van der Waals surface area contributed by atoms with Crippen molar-refractivity contribution in [3.8, 4) is 0 Å². The fraction of sp³-hybridized carbons (Fsp3) is 0.538. The summed E-state index contributed by atoms with van der Waals surface area (Å²) in [5.41, 5.74) is 2.74. The number of hydrogen-bond donors (Lipinski definition) is 0. The van der Waals surface area contributed by atoms with Gasteiger partial charge in [-0.05, 0) is 39.5 Å². The first-order valence-corrected chi connectivity index (χ1v) is 5.11. The van der Waals surface area contributed by atoms with Gasteiger partial charge in [0.05, 0.1) is 0 Å². The second-order valence-corrected chi connectivity index (χ2v) is 3.63. The van der Waals surface area contributed by atoms with Gasteiger partial charge in [0.15, 0.2) is 0 Å². The monoisotopic (exact) mass is 178 g/mol. The summed E-state index contributed by atoms with van der Waals surface area (Å²) in [4.78, 5) is 0. The maximum absolute atomic E-state index is 3.88. The minimum atomic E-state index is 1.10. The average molecular weight is 178 g/mol. The van der Waals surface area contributed by atoms with E-state index in [0.717, 1.165) is 25.7 Å². The number of hydrogen-bond acceptors (Lipinski definition) is 0. The van der Waals surface area contributed by atoms with E-state index in [1.165, 1.54) is 11.1 Å². The molecule has 0 aliphatic heterocycles. The molecule has 0 aliphatic rings. The fourth-order valence-electron chi connectivity index (χ4n) is 1.08. The van der Waals surface area contributed by atoms with Crippen LogP contribution in [0.1, 0.15) is 46.5 Å². The summed E-state index contributed by atoms with van der Waals surface area (Å²) in [7, 11) is 0. The quantitative estimate of drug-likeness (QED) is 0.519. The summed E-state index contributed by atoms with van der Waals surface area (Å²) < 4.78 is 0. The third-order valence-electron chi connectivity index (χ3n) is 1.91. The summed E-state index contributed by atoms with van der Waals surface area (Å²) >= 11 is 0. The van der Waals surface area contributed by atoms with Gasteiger partial charge in [-0.3, -0.25) is 0 Å². The van der Waals surface area contributed by atoms with Crippen LogP contribution in [0.25, 0.3) is 0 Å². The Morgan fingerprint density at radius 2 is 1.92 bits per heavy atom. The van der Waals surface area contributed by atoms with Crippen LogP contribution in [-0.2, 0) is 0 Å². The predicted molar refractivity (Wildman–Crippen MR) is 61.9 cm³/mol. The number of rotatable bonds is 6. The third-order valence-corrected chi connectivity index (χ3v) is 1.91. The van der Waals surface area contributed by atoms with Crippen molar-refractivity contribution in [3.05, 3.63) is 36.0 Å². The van der Waals surface area contributed by atoms with E-state index in [-0.39, 0.29) is 0 Å². The molecule has 0 N–H and O–H groups in total. The average Bonchev–Trinajstić information content (AvgIpc) is 2.04. The van der Waals surface area contributed by atoms with E-state index in [1.807, 2.05) is 0 Å². The molecule has 0 radical (unpaired) electrons. The first-order chi connectivity index (χ1) is 6.16. The van der Waals surface area contributed by atoms with Crippen molar-refractivity contribution in [1.29, 1.82) is 0 Å². The van der Waals surface area contributed by atoms with Gasteiger partial charge in [-0.1, -0.05) is 36.3 Å². The molecule has 0 saturated carbocycles. The predicted octanol–water partition coefficient (Wildman–Crippen LogP) is 4.65. The van der Waals surface area contributed by atoms with Gasteiger partial charge in [-0.15, -0.1) is 6.58 Å². The van der Waals surface area contributed by atoms with Gasteiger partial charge in [-0.25, -0.2) is 0 Å². The zero-order valence-electron chi connectivity index (χ0n) is 9.27. The van der Waals surface area contributed by atoms with E-state index < -0.39 is 0 Å². The molecule has 0 bridgehead atoms. The molecular formula is C13H22. The topological polar surface area (TPSA) is 0 Å². The summed E-state index contributed by atoms with van der Waals surface area (Å²) in [6.45, 7) is 10.3. The van der Waals surface area contributed by atoms with Crippen LogP contribution in [-0.4, -0.2) is 0 Å². The standard InChI is InChI=1S/C13H22/c1-5-6-7-10-13(4)11-8-9-12(2)3/h6-7,11H,2,5,8-10H2,1,3-4H3. The lowest BCUT2D eigenvalue weighted by Gasteiger charge is -1.97. The Morgan fingerprint density at radius 3 is 2.46 bits per heavy atom. The Labute approximate surface area is 83.0 Å². The van der Waals surface area contributed by atoms with Crippen molar-refractivity contribution in [2.24, 2.45) is 0 Å². The number of allylic oxidation sites excluding steroid dienone is 5. The van der Waals surface area contributed by atoms with E-state index in [4.69, 9.17) is 0 Å². The molecule has 0 heterocycles. The van der Waals surface area contributed by atoms with Gasteiger partial charge in [-0.2, -0.15) is 0 Å². The first kappa shape index (κ1) is 12.2. The Hall–Kier alpha value is -0.780. The molecule has 0 fully saturated rings. The van der Waals surface area contributed by atoms with E-state index in [9.17, 15) is 0 Å². The molecule has 0 atom stereocenters. The Bertz CT molecular complexity index is 194. The molecule has 74 valence electrons. The minimum Gasteiger partial charge on any atom is -0.100 e. The molecule has 0 nitrogen and oxygen atoms in total. The maximum Gasteiger partial charge on any atom is -0.0142 e. The van der Waals surface area contributed by atoms with Crippen LogP contribution in [0.3, 0.4) is 0 Å². The molecule has 0 rings (SSSR count). The van der Waals surface area contributed by atoms with E-state index >= 15 is 0 Å². The highest BCUT2D eigenvalue weighted by molar-refractivity contribution is 5.05. The van der Waals surface area contributed by atoms with Crippen molar-refractivity contribution in [3.63, 3.8) is 0 Å². The Balaban J connectivity index is 3.62. The molecule has 0 amide bonds. The van der Waals surface area contributed by atoms with Crippen molar-refractivity contribution in [1.82, 2.24) is 0 Å². The summed E-state index contributed by atoms with van der Waals surface area (Å²) in [6.07, 6.45) is 11.3. The highest BCUT2D eigenvalue weighted by Gasteiger charge is 1.87. The van der Waals surface area contributed by atoms with Crippen LogP contribution in [0.15, 0.2) is 36.0 Å². The second kappa shape index (κ2) is 7.85. The zero-order valence-corrected chi connectivity index (χ0v) is 9.27. The normalized spacial score (nSPS) is 12.4. The first-order valence-electron chi connectivity index (χ1n) is 5.11. The molecule has 0 saturated heterocycles. The lowest BCUT2D eigenvalue weighted by atomic mass is 10.1. The van der Waals surface area contributed by atoms with Crippen molar-refractivity contribution in [2.75, 3.05) is 0 Å². The zero-order chi connectivity index (χ0) is 10.1. The van der Waals surface area contributed by atoms with Gasteiger partial charge < -0.3 is 0 Å². The van der Waals surface area contributed by atoms with E-state index in [0.29, 0.717) is 0 Å². The Morgan fingerprint density at radius 1 is 1.23 bits per heavy atom. The van der Waals surface area contributed by atoms with Crippen LogP contribution in [0.4, 0.5) is 0 Å². The lowest BCUT2D eigenvalue weighted by Crippen LogP contribution is -1.76. The van der Waals surface area contributed by atoms with Crippen LogP contribution in [0.5, 0.6) is 0 Å². The van der Waals surface area contributed by atoms with Crippen molar-refractivity contribution >= 4 is 0 Å². The fourth-order valence-corrected chi connectivity index (χ4v) is 1.08. The van der Waals surface area contributed by atoms with Gasteiger partial charge in [0.1, 0.15) is 0 Å². The molecule has 0 heteroatoms. The van der Waals surface area contributed by atoms with Crippen LogP contribution in [0, 0.1) is 0 Å². The molecule has 0 aromatic rings. The SMILES string of the molecule is C=C(C)CCC=C(C)CC=CCC. The molecule has 0 aromatic heterocycles. The molecule has 0 aromatic carbocycles. The van der Waals surface area contributed by atoms with Gasteiger partial charge in [0.2, 0.25) is 0 Å². The molecular weight excluding hydrogens is 156 g/mol. The van der Waals surface area contributed by atoms with Crippen molar-refractivity contribution < 1.29 is 0 Å². The molecule has 0 unspecified atom stereocenters. The molecule has 0 spiro atoms. The van der Waals surface area contributed by atoms with E-state index in [1.54, 1.807) is 0 Å². The summed E-state index contributed by atoms with van der Waals surface area (Å²) in [5, 5.41) is 0. The minimum absolute atomic E-state index is 1.10. The van der Waals surface area contributed by atoms with Gasteiger partial charge >= 0.3 is 0 Å². The third kappa shape index (κ3) is 9.13. The van der Waals surface area contributed by atoms with Crippen molar-refractivity contribution in [2.45, 2.75) is 46.5 Å². The van der Waals surface area contributed by atoms with E-state index in [2.05, 4.69) is 45.6 Å². The Kier molecular flexibility index (Phi) is 7.38. The van der Waals surface area contributed by atoms with Crippen LogP contribution < -0.4 is 0 Å². The summed E-state index contributed by atoms with van der Waals surface area (Å²) in [5.74, 6) is 0. The highest BCUT2D eigenvalue weighted by atomic mass is 13.9. The van der Waals surface area contributed by atoms with Crippen LogP contribution in [0.2, 0.25) is 0 Å². The summed E-state index contributed by atoms with van der Waals surface area (Å²) in [6, 6.07) is 0. The molecule has 0 aliphatic carbocycles. The largest absolute Gasteiger partial charge is 0.100 e. The van der Waals surface area contributed by atoms with Gasteiger partial charge in [0.25, 0.3) is 0 Å². The maximum atomic E-state index is 3.88. The second-order valence-electron chi connectivity index (χ2n) is 3.63. The van der Waals surface area contributed by atoms with Gasteiger partial charge in [0, 0.05) is 0 Å².